The Kier molecular flexibility index (Phi) is 4.08. The summed E-state index contributed by atoms with van der Waals surface area (Å²) in [6.45, 7) is 0. The van der Waals surface area contributed by atoms with Gasteiger partial charge in [0.15, 0.2) is 5.78 Å². The molecule has 21 heavy (non-hydrogen) atoms. The fourth-order valence-electron chi connectivity index (χ4n) is 1.95. The first-order chi connectivity index (χ1) is 9.93. The molecule has 0 amide bonds. The molecule has 0 fully saturated rings. The van der Waals surface area contributed by atoms with E-state index in [0.29, 0.717) is 5.56 Å². The first-order valence-corrected chi connectivity index (χ1v) is 6.09. The zero-order valence-electron chi connectivity index (χ0n) is 10.8. The van der Waals surface area contributed by atoms with Crippen LogP contribution >= 0.6 is 0 Å². The highest BCUT2D eigenvalue weighted by atomic mass is 19.4. The van der Waals surface area contributed by atoms with Crippen LogP contribution in [-0.4, -0.2) is 5.78 Å². The quantitative estimate of drug-likeness (QED) is 0.795. The van der Waals surface area contributed by atoms with Gasteiger partial charge in [-0.25, -0.2) is 0 Å². The van der Waals surface area contributed by atoms with E-state index in [1.54, 1.807) is 30.3 Å². The van der Waals surface area contributed by atoms with Crippen LogP contribution in [0, 0.1) is 11.3 Å². The third-order valence-corrected chi connectivity index (χ3v) is 3.00. The summed E-state index contributed by atoms with van der Waals surface area (Å²) in [4.78, 5) is 12.3. The number of hydrogen-bond donors (Lipinski definition) is 0. The predicted octanol–water partition coefficient (Wildman–Crippen LogP) is 4.20. The van der Waals surface area contributed by atoms with Gasteiger partial charge in [0, 0.05) is 5.56 Å². The summed E-state index contributed by atoms with van der Waals surface area (Å²) in [6, 6.07) is 14.2. The first-order valence-electron chi connectivity index (χ1n) is 6.09. The van der Waals surface area contributed by atoms with Crippen molar-refractivity contribution in [1.29, 1.82) is 5.26 Å². The maximum atomic E-state index is 12.7. The van der Waals surface area contributed by atoms with Gasteiger partial charge < -0.3 is 0 Å². The third-order valence-electron chi connectivity index (χ3n) is 3.00. The number of Topliss-reactive ketones (excluding diaryl/α,β-unsaturated/α-hetero) is 1. The van der Waals surface area contributed by atoms with E-state index < -0.39 is 23.4 Å². The lowest BCUT2D eigenvalue weighted by atomic mass is 9.91. The monoisotopic (exact) mass is 289 g/mol. The summed E-state index contributed by atoms with van der Waals surface area (Å²) in [5.74, 6) is -1.76. The van der Waals surface area contributed by atoms with Crippen molar-refractivity contribution in [3.05, 3.63) is 71.3 Å². The maximum Gasteiger partial charge on any atom is 0.416 e. The summed E-state index contributed by atoms with van der Waals surface area (Å²) in [6.07, 6.45) is -4.52. The Morgan fingerprint density at radius 1 is 1.05 bits per heavy atom. The zero-order valence-corrected chi connectivity index (χ0v) is 10.8. The molecule has 0 aromatic heterocycles. The summed E-state index contributed by atoms with van der Waals surface area (Å²) >= 11 is 0. The topological polar surface area (TPSA) is 40.9 Å². The van der Waals surface area contributed by atoms with Crippen LogP contribution in [0.4, 0.5) is 13.2 Å². The molecule has 2 nitrogen and oxygen atoms in total. The Hall–Kier alpha value is -2.61. The van der Waals surface area contributed by atoms with Gasteiger partial charge in [-0.2, -0.15) is 18.4 Å². The third kappa shape index (κ3) is 3.29. The second-order valence-electron chi connectivity index (χ2n) is 4.42. The number of benzene rings is 2. The van der Waals surface area contributed by atoms with Gasteiger partial charge in [-0.3, -0.25) is 4.79 Å². The molecule has 0 radical (unpaired) electrons. The molecule has 2 rings (SSSR count). The van der Waals surface area contributed by atoms with Gasteiger partial charge >= 0.3 is 6.18 Å². The number of nitriles is 1. The van der Waals surface area contributed by atoms with Crippen molar-refractivity contribution < 1.29 is 18.0 Å². The van der Waals surface area contributed by atoms with E-state index in [2.05, 4.69) is 0 Å². The van der Waals surface area contributed by atoms with Gasteiger partial charge in [0.1, 0.15) is 5.92 Å². The Balaban J connectivity index is 2.38. The molecule has 1 atom stereocenters. The molecule has 1 unspecified atom stereocenters. The molecular formula is C16H10F3NO. The van der Waals surface area contributed by atoms with Crippen LogP contribution < -0.4 is 0 Å². The highest BCUT2D eigenvalue weighted by Crippen LogP contribution is 2.30. The second-order valence-corrected chi connectivity index (χ2v) is 4.42. The van der Waals surface area contributed by atoms with Crippen LogP contribution in [0.1, 0.15) is 27.4 Å². The molecule has 0 spiro atoms. The molecule has 2 aromatic carbocycles. The van der Waals surface area contributed by atoms with E-state index in [-0.39, 0.29) is 5.56 Å². The minimum Gasteiger partial charge on any atom is -0.292 e. The van der Waals surface area contributed by atoms with Crippen molar-refractivity contribution in [2.45, 2.75) is 12.1 Å². The lowest BCUT2D eigenvalue weighted by Crippen LogP contribution is -2.13. The SMILES string of the molecule is N#CC(C(=O)c1cccc(C(F)(F)F)c1)c1ccccc1. The van der Waals surface area contributed by atoms with Crippen LogP contribution in [0.15, 0.2) is 54.6 Å². The maximum absolute atomic E-state index is 12.7. The van der Waals surface area contributed by atoms with E-state index >= 15 is 0 Å². The molecule has 2 aromatic rings. The molecule has 0 aliphatic carbocycles. The summed E-state index contributed by atoms with van der Waals surface area (Å²) in [5, 5.41) is 9.15. The molecule has 0 bridgehead atoms. The van der Waals surface area contributed by atoms with Gasteiger partial charge in [-0.15, -0.1) is 0 Å². The van der Waals surface area contributed by atoms with Crippen molar-refractivity contribution in [1.82, 2.24) is 0 Å². The van der Waals surface area contributed by atoms with Crippen molar-refractivity contribution in [3.63, 3.8) is 0 Å². The van der Waals surface area contributed by atoms with Gasteiger partial charge in [0.25, 0.3) is 0 Å². The Bertz CT molecular complexity index is 687. The zero-order chi connectivity index (χ0) is 15.5. The van der Waals surface area contributed by atoms with Crippen LogP contribution in [0.3, 0.4) is 0 Å². The number of ketones is 1. The molecule has 0 heterocycles. The predicted molar refractivity (Wildman–Crippen MR) is 70.6 cm³/mol. The molecule has 0 saturated heterocycles. The number of alkyl halides is 3. The number of rotatable bonds is 3. The van der Waals surface area contributed by atoms with E-state index in [1.807, 2.05) is 6.07 Å². The summed E-state index contributed by atoms with van der Waals surface area (Å²) in [5.41, 5.74) is -0.569. The van der Waals surface area contributed by atoms with Crippen LogP contribution in [0.5, 0.6) is 0 Å². The smallest absolute Gasteiger partial charge is 0.292 e. The standard InChI is InChI=1S/C16H10F3NO/c17-16(18,19)13-8-4-7-12(9-13)15(21)14(10-20)11-5-2-1-3-6-11/h1-9,14H. The number of carbonyl (C=O) groups excluding carboxylic acids is 1. The molecule has 0 N–H and O–H groups in total. The lowest BCUT2D eigenvalue weighted by molar-refractivity contribution is -0.137. The van der Waals surface area contributed by atoms with E-state index in [0.717, 1.165) is 18.2 Å². The van der Waals surface area contributed by atoms with E-state index in [4.69, 9.17) is 5.26 Å². The fourth-order valence-corrected chi connectivity index (χ4v) is 1.95. The van der Waals surface area contributed by atoms with Crippen LogP contribution in [0.2, 0.25) is 0 Å². The minimum absolute atomic E-state index is 0.125. The number of halogens is 3. The summed E-state index contributed by atoms with van der Waals surface area (Å²) < 4.78 is 38.0. The van der Waals surface area contributed by atoms with Crippen molar-refractivity contribution in [2.24, 2.45) is 0 Å². The number of carbonyl (C=O) groups is 1. The van der Waals surface area contributed by atoms with Crippen molar-refractivity contribution >= 4 is 5.78 Å². The minimum atomic E-state index is -4.52. The average Bonchev–Trinajstić information content (AvgIpc) is 2.48. The normalized spacial score (nSPS) is 12.5. The largest absolute Gasteiger partial charge is 0.416 e. The van der Waals surface area contributed by atoms with Gasteiger partial charge in [0.2, 0.25) is 0 Å². The Labute approximate surface area is 119 Å². The fraction of sp³-hybridized carbons (Fsp3) is 0.125. The summed E-state index contributed by atoms with van der Waals surface area (Å²) in [7, 11) is 0. The van der Waals surface area contributed by atoms with E-state index in [1.165, 1.54) is 6.07 Å². The molecule has 0 saturated carbocycles. The van der Waals surface area contributed by atoms with Crippen molar-refractivity contribution in [3.8, 4) is 6.07 Å². The number of nitrogens with zero attached hydrogens (tertiary/aromatic N) is 1. The second kappa shape index (κ2) is 5.80. The lowest BCUT2D eigenvalue weighted by Gasteiger charge is -2.11. The van der Waals surface area contributed by atoms with Crippen LogP contribution in [0.25, 0.3) is 0 Å². The molecule has 106 valence electrons. The Morgan fingerprint density at radius 3 is 2.29 bits per heavy atom. The number of hydrogen-bond acceptors (Lipinski definition) is 2. The van der Waals surface area contributed by atoms with E-state index in [9.17, 15) is 18.0 Å². The van der Waals surface area contributed by atoms with Gasteiger partial charge in [0.05, 0.1) is 11.6 Å². The highest BCUT2D eigenvalue weighted by molar-refractivity contribution is 6.02. The average molecular weight is 289 g/mol. The van der Waals surface area contributed by atoms with Crippen molar-refractivity contribution in [2.75, 3.05) is 0 Å². The van der Waals surface area contributed by atoms with Gasteiger partial charge in [-0.1, -0.05) is 42.5 Å². The molecule has 0 aliphatic rings. The van der Waals surface area contributed by atoms with Crippen LogP contribution in [-0.2, 0) is 6.18 Å². The highest BCUT2D eigenvalue weighted by Gasteiger charge is 2.31. The molecule has 5 heteroatoms. The Morgan fingerprint density at radius 2 is 1.71 bits per heavy atom. The van der Waals surface area contributed by atoms with Gasteiger partial charge in [-0.05, 0) is 17.7 Å². The first kappa shape index (κ1) is 14.8. The molecule has 0 aliphatic heterocycles. The molecular weight excluding hydrogens is 279 g/mol.